The Labute approximate surface area is 368 Å². The molecule has 1 heterocycles. The van der Waals surface area contributed by atoms with Crippen LogP contribution in [0.25, 0.3) is 77.2 Å². The second kappa shape index (κ2) is 15.6. The van der Waals surface area contributed by atoms with E-state index in [1.165, 1.54) is 0 Å². The molecule has 11 rings (SSSR count). The maximum atomic E-state index is 9.46. The molecule has 0 aliphatic rings. The molecular formula is C58H40N2O. The van der Waals surface area contributed by atoms with Gasteiger partial charge in [-0.1, -0.05) is 164 Å². The maximum absolute atomic E-state index is 9.46. The van der Waals surface area contributed by atoms with Crippen molar-refractivity contribution in [1.29, 1.82) is 0 Å². The standard InChI is InChI=1S/C58H40N2O/c1-3-12-40(13-4-1)41-22-30-49(31-23-41)60(51-34-26-43(27-35-51)47-29-37-57-55(39-47)54-36-28-45-16-7-8-20-53(45)58(54)61-57)50-32-24-42(25-33-50)46-17-11-18-48(38-46)59-56-21-10-9-19-52(56)44-14-5-2-6-15-44/h1-39,59H/i1D,3D,4D,12D,13D,22D,23D,30D,31D. The van der Waals surface area contributed by atoms with Gasteiger partial charge in [0.1, 0.15) is 11.2 Å². The van der Waals surface area contributed by atoms with Crippen LogP contribution in [0.4, 0.5) is 28.4 Å². The number of benzene rings is 10. The zero-order chi connectivity index (χ0) is 48.4. The molecule has 0 amide bonds. The summed E-state index contributed by atoms with van der Waals surface area (Å²) in [6.45, 7) is 0. The second-order valence-corrected chi connectivity index (χ2v) is 14.7. The molecule has 0 unspecified atom stereocenters. The molecule has 0 bridgehead atoms. The lowest BCUT2D eigenvalue weighted by molar-refractivity contribution is 0.672. The molecule has 0 aliphatic heterocycles. The van der Waals surface area contributed by atoms with E-state index in [-0.39, 0.29) is 11.3 Å². The molecule has 0 saturated carbocycles. The Bertz CT molecular complexity index is 3800. The van der Waals surface area contributed by atoms with Crippen LogP contribution in [-0.4, -0.2) is 0 Å². The summed E-state index contributed by atoms with van der Waals surface area (Å²) < 4.78 is 85.8. The zero-order valence-electron chi connectivity index (χ0n) is 41.7. The number of fused-ring (bicyclic) bond motifs is 5. The number of furan rings is 1. The van der Waals surface area contributed by atoms with Gasteiger partial charge in [0.25, 0.3) is 0 Å². The highest BCUT2D eigenvalue weighted by Crippen LogP contribution is 2.40. The maximum Gasteiger partial charge on any atom is 0.143 e. The van der Waals surface area contributed by atoms with Crippen LogP contribution in [0, 0.1) is 0 Å². The van der Waals surface area contributed by atoms with Crippen molar-refractivity contribution < 1.29 is 16.8 Å². The van der Waals surface area contributed by atoms with Crippen LogP contribution in [0.2, 0.25) is 0 Å². The number of hydrogen-bond acceptors (Lipinski definition) is 3. The molecule has 1 N–H and O–H groups in total. The van der Waals surface area contributed by atoms with Crippen LogP contribution in [0.3, 0.4) is 0 Å². The zero-order valence-corrected chi connectivity index (χ0v) is 32.7. The third-order valence-electron chi connectivity index (χ3n) is 11.0. The van der Waals surface area contributed by atoms with E-state index in [1.54, 1.807) is 4.90 Å². The second-order valence-electron chi connectivity index (χ2n) is 14.7. The average Bonchev–Trinajstić information content (AvgIpc) is 3.78. The minimum atomic E-state index is -0.634. The lowest BCUT2D eigenvalue weighted by Crippen LogP contribution is -2.09. The molecule has 3 heteroatoms. The first-order valence-corrected chi connectivity index (χ1v) is 20.0. The van der Waals surface area contributed by atoms with Gasteiger partial charge in [-0.15, -0.1) is 0 Å². The lowest BCUT2D eigenvalue weighted by Gasteiger charge is -2.26. The quantitative estimate of drug-likeness (QED) is 0.158. The molecule has 0 spiro atoms. The number of anilines is 5. The number of nitrogens with zero attached hydrogens (tertiary/aromatic N) is 1. The summed E-state index contributed by atoms with van der Waals surface area (Å²) in [6.07, 6.45) is 0. The van der Waals surface area contributed by atoms with Crippen LogP contribution in [0.15, 0.2) is 241 Å². The van der Waals surface area contributed by atoms with E-state index in [9.17, 15) is 5.48 Å². The van der Waals surface area contributed by atoms with Gasteiger partial charge >= 0.3 is 0 Å². The van der Waals surface area contributed by atoms with Crippen molar-refractivity contribution in [3.05, 3.63) is 236 Å². The SMILES string of the molecule is [2H]c1c([2H])c([2H])c(-c2c([2H])c([2H])c(N(c3ccc(-c4cccc(Nc5ccccc5-c5ccccc5)c4)cc3)c3ccc(-c4ccc5oc6c7ccccc7ccc6c5c4)cc3)c([2H])c2[2H])c([2H])c1[2H]. The fourth-order valence-electron chi connectivity index (χ4n) is 8.01. The predicted octanol–water partition coefficient (Wildman–Crippen LogP) is 16.6. The topological polar surface area (TPSA) is 28.4 Å². The molecule has 288 valence electrons. The van der Waals surface area contributed by atoms with Gasteiger partial charge in [-0.3, -0.25) is 0 Å². The number of para-hydroxylation sites is 1. The summed E-state index contributed by atoms with van der Waals surface area (Å²) >= 11 is 0. The monoisotopic (exact) mass is 789 g/mol. The van der Waals surface area contributed by atoms with E-state index in [2.05, 4.69) is 66.0 Å². The van der Waals surface area contributed by atoms with Crippen molar-refractivity contribution in [3.63, 3.8) is 0 Å². The van der Waals surface area contributed by atoms with Crippen LogP contribution in [0.5, 0.6) is 0 Å². The molecule has 61 heavy (non-hydrogen) atoms. The molecule has 0 fully saturated rings. The van der Waals surface area contributed by atoms with E-state index >= 15 is 0 Å². The minimum Gasteiger partial charge on any atom is -0.455 e. The first-order valence-electron chi connectivity index (χ1n) is 24.5. The fraction of sp³-hybridized carbons (Fsp3) is 0. The third-order valence-corrected chi connectivity index (χ3v) is 11.0. The Morgan fingerprint density at radius 3 is 1.80 bits per heavy atom. The summed E-state index contributed by atoms with van der Waals surface area (Å²) in [6, 6.07) is 55.0. The van der Waals surface area contributed by atoms with Gasteiger partial charge in [0.2, 0.25) is 0 Å². The predicted molar refractivity (Wildman–Crippen MR) is 257 cm³/mol. The van der Waals surface area contributed by atoms with Crippen LogP contribution in [0.1, 0.15) is 12.3 Å². The molecule has 1 aromatic heterocycles. The molecule has 3 nitrogen and oxygen atoms in total. The summed E-state index contributed by atoms with van der Waals surface area (Å²) in [5.74, 6) is 0. The van der Waals surface area contributed by atoms with Crippen LogP contribution >= 0.6 is 0 Å². The Morgan fingerprint density at radius 1 is 0.393 bits per heavy atom. The first kappa shape index (κ1) is 27.5. The largest absolute Gasteiger partial charge is 0.455 e. The van der Waals surface area contributed by atoms with Crippen molar-refractivity contribution in [2.75, 3.05) is 10.2 Å². The van der Waals surface area contributed by atoms with Crippen molar-refractivity contribution in [2.24, 2.45) is 0 Å². The van der Waals surface area contributed by atoms with Gasteiger partial charge in [-0.25, -0.2) is 0 Å². The van der Waals surface area contributed by atoms with E-state index in [4.69, 9.17) is 11.3 Å². The summed E-state index contributed by atoms with van der Waals surface area (Å²) in [4.78, 5) is 1.66. The normalized spacial score (nSPS) is 13.3. The van der Waals surface area contributed by atoms with Gasteiger partial charge < -0.3 is 14.6 Å². The molecule has 10 aromatic carbocycles. The summed E-state index contributed by atoms with van der Waals surface area (Å²) in [5, 5.41) is 7.72. The molecule has 0 radical (unpaired) electrons. The van der Waals surface area contributed by atoms with Gasteiger partial charge in [0.05, 0.1) is 12.3 Å². The van der Waals surface area contributed by atoms with Crippen LogP contribution < -0.4 is 10.2 Å². The fourth-order valence-corrected chi connectivity index (χ4v) is 8.01. The molecule has 0 saturated heterocycles. The van der Waals surface area contributed by atoms with Crippen molar-refractivity contribution in [2.45, 2.75) is 0 Å². The highest BCUT2D eigenvalue weighted by Gasteiger charge is 2.16. The molecule has 0 aliphatic carbocycles. The molecule has 11 aromatic rings. The lowest BCUT2D eigenvalue weighted by atomic mass is 10.0. The third kappa shape index (κ3) is 6.98. The van der Waals surface area contributed by atoms with E-state index < -0.39 is 59.9 Å². The Balaban J connectivity index is 0.999. The minimum absolute atomic E-state index is 0.0755. The first-order chi connectivity index (χ1) is 34.0. The van der Waals surface area contributed by atoms with Gasteiger partial charge in [0, 0.05) is 50.2 Å². The van der Waals surface area contributed by atoms with Gasteiger partial charge in [-0.2, -0.15) is 0 Å². The Morgan fingerprint density at radius 2 is 1.03 bits per heavy atom. The van der Waals surface area contributed by atoms with Crippen molar-refractivity contribution in [1.82, 2.24) is 0 Å². The summed E-state index contributed by atoms with van der Waals surface area (Å²) in [7, 11) is 0. The van der Waals surface area contributed by atoms with Crippen molar-refractivity contribution >= 4 is 61.1 Å². The van der Waals surface area contributed by atoms with E-state index in [0.717, 1.165) is 77.5 Å². The highest BCUT2D eigenvalue weighted by molar-refractivity contribution is 6.15. The van der Waals surface area contributed by atoms with Gasteiger partial charge in [-0.05, 0) is 117 Å². The number of rotatable bonds is 9. The molecular weight excluding hydrogens is 741 g/mol. The average molecular weight is 790 g/mol. The summed E-state index contributed by atoms with van der Waals surface area (Å²) in [5.41, 5.74) is 9.52. The number of nitrogens with one attached hydrogen (secondary N) is 1. The Kier molecular flexibility index (Phi) is 7.02. The smallest absolute Gasteiger partial charge is 0.143 e. The van der Waals surface area contributed by atoms with E-state index in [0.29, 0.717) is 11.4 Å². The van der Waals surface area contributed by atoms with Gasteiger partial charge in [0.15, 0.2) is 0 Å². The van der Waals surface area contributed by atoms with Crippen molar-refractivity contribution in [3.8, 4) is 44.5 Å². The number of hydrogen-bond donors (Lipinski definition) is 1. The highest BCUT2D eigenvalue weighted by atomic mass is 16.3. The van der Waals surface area contributed by atoms with Crippen LogP contribution in [-0.2, 0) is 0 Å². The molecule has 0 atom stereocenters. The van der Waals surface area contributed by atoms with E-state index in [1.807, 2.05) is 121 Å². The Hall–Kier alpha value is -8.14.